The van der Waals surface area contributed by atoms with Gasteiger partial charge < -0.3 is 10.2 Å². The Morgan fingerprint density at radius 1 is 1.00 bits per heavy atom. The van der Waals surface area contributed by atoms with Crippen molar-refractivity contribution in [2.45, 2.75) is 32.2 Å². The number of carbonyl (C=O) groups excluding carboxylic acids is 3. The van der Waals surface area contributed by atoms with E-state index in [1.807, 2.05) is 66.7 Å². The molecular formula is C25H28N2O3. The van der Waals surface area contributed by atoms with Gasteiger partial charge in [0, 0.05) is 25.1 Å². The number of hydrogen-bond acceptors (Lipinski definition) is 3. The van der Waals surface area contributed by atoms with Crippen molar-refractivity contribution in [2.24, 2.45) is 5.92 Å². The number of rotatable bonds is 7. The molecule has 1 saturated heterocycles. The van der Waals surface area contributed by atoms with Crippen LogP contribution in [0.3, 0.4) is 0 Å². The van der Waals surface area contributed by atoms with Gasteiger partial charge in [-0.15, -0.1) is 0 Å². The molecule has 5 nitrogen and oxygen atoms in total. The minimum Gasteiger partial charge on any atom is -0.346 e. The van der Waals surface area contributed by atoms with Gasteiger partial charge in [-0.1, -0.05) is 60.7 Å². The highest BCUT2D eigenvalue weighted by Crippen LogP contribution is 2.18. The molecule has 1 N–H and O–H groups in total. The van der Waals surface area contributed by atoms with Gasteiger partial charge in [-0.25, -0.2) is 0 Å². The number of carbonyl (C=O) groups is 3. The summed E-state index contributed by atoms with van der Waals surface area (Å²) in [6, 6.07) is 18.8. The van der Waals surface area contributed by atoms with Gasteiger partial charge >= 0.3 is 0 Å². The molecule has 1 aliphatic heterocycles. The van der Waals surface area contributed by atoms with E-state index in [4.69, 9.17) is 0 Å². The Hall–Kier alpha value is -3.21. The van der Waals surface area contributed by atoms with Gasteiger partial charge in [-0.3, -0.25) is 14.4 Å². The molecule has 1 aliphatic rings. The van der Waals surface area contributed by atoms with E-state index in [1.165, 1.54) is 6.92 Å². The highest BCUT2D eigenvalue weighted by molar-refractivity contribution is 5.92. The molecule has 3 rings (SSSR count). The Morgan fingerprint density at radius 3 is 2.20 bits per heavy atom. The van der Waals surface area contributed by atoms with Crippen LogP contribution in [0.5, 0.6) is 0 Å². The number of hydrogen-bond donors (Lipinski definition) is 1. The maximum atomic E-state index is 12.7. The van der Waals surface area contributed by atoms with Gasteiger partial charge in [0.15, 0.2) is 5.78 Å². The van der Waals surface area contributed by atoms with Crippen molar-refractivity contribution in [3.63, 3.8) is 0 Å². The zero-order chi connectivity index (χ0) is 21.3. The van der Waals surface area contributed by atoms with Gasteiger partial charge in [0.2, 0.25) is 11.8 Å². The molecule has 30 heavy (non-hydrogen) atoms. The summed E-state index contributed by atoms with van der Waals surface area (Å²) in [6.45, 7) is 2.59. The van der Waals surface area contributed by atoms with E-state index < -0.39 is 6.04 Å². The molecule has 5 heteroatoms. The Kier molecular flexibility index (Phi) is 7.55. The normalized spacial score (nSPS) is 15.7. The van der Waals surface area contributed by atoms with Crippen molar-refractivity contribution in [1.82, 2.24) is 10.2 Å². The first-order valence-electron chi connectivity index (χ1n) is 10.4. The Labute approximate surface area is 177 Å². The van der Waals surface area contributed by atoms with Crippen LogP contribution in [0.4, 0.5) is 0 Å². The molecule has 0 bridgehead atoms. The molecule has 2 aromatic rings. The van der Waals surface area contributed by atoms with Crippen molar-refractivity contribution in [1.29, 1.82) is 0 Å². The molecule has 1 atom stereocenters. The number of nitrogens with one attached hydrogen (secondary N) is 1. The Balaban J connectivity index is 1.49. The van der Waals surface area contributed by atoms with Crippen LogP contribution in [0.25, 0.3) is 6.08 Å². The van der Waals surface area contributed by atoms with Crippen LogP contribution in [-0.4, -0.2) is 41.6 Å². The zero-order valence-corrected chi connectivity index (χ0v) is 17.3. The maximum absolute atomic E-state index is 12.7. The summed E-state index contributed by atoms with van der Waals surface area (Å²) in [5, 5.41) is 2.92. The van der Waals surface area contributed by atoms with Crippen LogP contribution < -0.4 is 5.32 Å². The van der Waals surface area contributed by atoms with Gasteiger partial charge in [-0.2, -0.15) is 0 Å². The first-order chi connectivity index (χ1) is 14.5. The van der Waals surface area contributed by atoms with Crippen molar-refractivity contribution < 1.29 is 14.4 Å². The fourth-order valence-electron chi connectivity index (χ4n) is 3.63. The lowest BCUT2D eigenvalue weighted by Crippen LogP contribution is -2.47. The monoisotopic (exact) mass is 404 g/mol. The SMILES string of the molecule is CC(=O)C(Cc1ccccc1)NC(=O)C1CCN(C(=O)/C=C/c2ccccc2)CC1. The maximum Gasteiger partial charge on any atom is 0.246 e. The average Bonchev–Trinajstić information content (AvgIpc) is 2.78. The molecule has 156 valence electrons. The fourth-order valence-corrected chi connectivity index (χ4v) is 3.63. The average molecular weight is 405 g/mol. The van der Waals surface area contributed by atoms with Crippen molar-refractivity contribution in [3.05, 3.63) is 77.9 Å². The summed E-state index contributed by atoms with van der Waals surface area (Å²) in [5.74, 6) is -0.364. The second kappa shape index (κ2) is 10.5. The lowest BCUT2D eigenvalue weighted by Gasteiger charge is -2.31. The quantitative estimate of drug-likeness (QED) is 0.721. The molecule has 1 fully saturated rings. The molecule has 1 unspecified atom stereocenters. The number of nitrogens with zero attached hydrogens (tertiary/aromatic N) is 1. The van der Waals surface area contributed by atoms with Crippen LogP contribution in [-0.2, 0) is 20.8 Å². The highest BCUT2D eigenvalue weighted by Gasteiger charge is 2.28. The third-order valence-electron chi connectivity index (χ3n) is 5.49. The van der Waals surface area contributed by atoms with Crippen molar-refractivity contribution in [2.75, 3.05) is 13.1 Å². The Morgan fingerprint density at radius 2 is 1.60 bits per heavy atom. The van der Waals surface area contributed by atoms with E-state index in [2.05, 4.69) is 5.32 Å². The van der Waals surface area contributed by atoms with E-state index in [9.17, 15) is 14.4 Å². The number of ketones is 1. The fraction of sp³-hybridized carbons (Fsp3) is 0.320. The van der Waals surface area contributed by atoms with Crippen LogP contribution in [0, 0.1) is 5.92 Å². The summed E-state index contributed by atoms with van der Waals surface area (Å²) in [4.78, 5) is 38.9. The predicted octanol–water partition coefficient (Wildman–Crippen LogP) is 3.25. The lowest BCUT2D eigenvalue weighted by molar-refractivity contribution is -0.133. The van der Waals surface area contributed by atoms with Crippen LogP contribution in [0.15, 0.2) is 66.7 Å². The van der Waals surface area contributed by atoms with Gasteiger partial charge in [0.05, 0.1) is 6.04 Å². The Bertz CT molecular complexity index is 885. The topological polar surface area (TPSA) is 66.5 Å². The summed E-state index contributed by atoms with van der Waals surface area (Å²) in [7, 11) is 0. The van der Waals surface area contributed by atoms with Crippen molar-refractivity contribution >= 4 is 23.7 Å². The smallest absolute Gasteiger partial charge is 0.246 e. The second-order valence-electron chi connectivity index (χ2n) is 7.71. The second-order valence-corrected chi connectivity index (χ2v) is 7.71. The third-order valence-corrected chi connectivity index (χ3v) is 5.49. The minimum absolute atomic E-state index is 0.0385. The van der Waals surface area contributed by atoms with Gasteiger partial charge in [0.25, 0.3) is 0 Å². The lowest BCUT2D eigenvalue weighted by atomic mass is 9.94. The number of benzene rings is 2. The first kappa shape index (κ1) is 21.5. The van der Waals surface area contributed by atoms with Gasteiger partial charge in [0.1, 0.15) is 0 Å². The molecular weight excluding hydrogens is 376 g/mol. The molecule has 0 saturated carbocycles. The van der Waals surface area contributed by atoms with E-state index in [-0.39, 0.29) is 23.5 Å². The standard InChI is InChI=1S/C25H28N2O3/c1-19(28)23(18-21-10-6-3-7-11-21)26-25(30)22-14-16-27(17-15-22)24(29)13-12-20-8-4-2-5-9-20/h2-13,22-23H,14-18H2,1H3,(H,26,30)/b13-12+. The van der Waals surface area contributed by atoms with E-state index in [1.54, 1.807) is 11.0 Å². The summed E-state index contributed by atoms with van der Waals surface area (Å²) in [6.07, 6.45) is 5.09. The predicted molar refractivity (Wildman–Crippen MR) is 118 cm³/mol. The first-order valence-corrected chi connectivity index (χ1v) is 10.4. The number of likely N-dealkylation sites (tertiary alicyclic amines) is 1. The summed E-state index contributed by atoms with van der Waals surface area (Å²) in [5.41, 5.74) is 2.00. The third kappa shape index (κ3) is 6.14. The summed E-state index contributed by atoms with van der Waals surface area (Å²) >= 11 is 0. The van der Waals surface area contributed by atoms with Crippen molar-refractivity contribution in [3.8, 4) is 0 Å². The summed E-state index contributed by atoms with van der Waals surface area (Å²) < 4.78 is 0. The zero-order valence-electron chi connectivity index (χ0n) is 17.3. The molecule has 0 spiro atoms. The van der Waals surface area contributed by atoms with E-state index in [0.29, 0.717) is 32.4 Å². The molecule has 2 aromatic carbocycles. The number of Topliss-reactive ketones (excluding diaryl/α,β-unsaturated/α-hetero) is 1. The van der Waals surface area contributed by atoms with Crippen LogP contribution in [0.2, 0.25) is 0 Å². The molecule has 0 aliphatic carbocycles. The van der Waals surface area contributed by atoms with Gasteiger partial charge in [-0.05, 0) is 43.4 Å². The van der Waals surface area contributed by atoms with E-state index >= 15 is 0 Å². The van der Waals surface area contributed by atoms with Crippen LogP contribution >= 0.6 is 0 Å². The molecule has 2 amide bonds. The largest absolute Gasteiger partial charge is 0.346 e. The number of amides is 2. The molecule has 0 radical (unpaired) electrons. The highest BCUT2D eigenvalue weighted by atomic mass is 16.2. The minimum atomic E-state index is -0.520. The molecule has 0 aromatic heterocycles. The number of piperidine rings is 1. The van der Waals surface area contributed by atoms with E-state index in [0.717, 1.165) is 11.1 Å². The molecule has 1 heterocycles. The van der Waals surface area contributed by atoms with Crippen LogP contribution in [0.1, 0.15) is 30.9 Å².